The van der Waals surface area contributed by atoms with Crippen LogP contribution in [0.1, 0.15) is 36.6 Å². The number of methoxy groups -OCH3 is 1. The Morgan fingerprint density at radius 1 is 1.12 bits per heavy atom. The highest BCUT2D eigenvalue weighted by atomic mass is 35.5. The maximum atomic E-state index is 13.2. The molecule has 6 nitrogen and oxygen atoms in total. The van der Waals surface area contributed by atoms with Crippen molar-refractivity contribution in [1.29, 1.82) is 0 Å². The van der Waals surface area contributed by atoms with Crippen LogP contribution in [0.3, 0.4) is 0 Å². The number of rotatable bonds is 8. The first-order valence-corrected chi connectivity index (χ1v) is 11.6. The lowest BCUT2D eigenvalue weighted by molar-refractivity contribution is -0.140. The van der Waals surface area contributed by atoms with E-state index in [2.05, 4.69) is 4.90 Å². The van der Waals surface area contributed by atoms with Gasteiger partial charge in [-0.3, -0.25) is 9.59 Å². The Balaban J connectivity index is 2.15. The number of carbonyl (C=O) groups excluding carboxylic acids is 2. The van der Waals surface area contributed by atoms with Crippen molar-refractivity contribution in [2.45, 2.75) is 26.8 Å². The SMILES string of the molecule is CCN(CC)CCN1C(=O)C(=O)/C(=C(/O)c2ccc(OC)c(C)c2)[C@H]1c1ccc(Cl)cc1Cl. The number of likely N-dealkylation sites (N-methyl/N-ethyl adjacent to an activating group) is 1. The molecule has 0 aromatic heterocycles. The van der Waals surface area contributed by atoms with Gasteiger partial charge in [0.25, 0.3) is 11.7 Å². The molecule has 33 heavy (non-hydrogen) atoms. The van der Waals surface area contributed by atoms with E-state index in [1.807, 2.05) is 20.8 Å². The average Bonchev–Trinajstić information content (AvgIpc) is 3.04. The van der Waals surface area contributed by atoms with E-state index < -0.39 is 17.7 Å². The van der Waals surface area contributed by atoms with Crippen LogP contribution < -0.4 is 4.74 Å². The number of Topliss-reactive ketones (excluding diaryl/α,β-unsaturated/α-hetero) is 1. The van der Waals surface area contributed by atoms with Gasteiger partial charge in [-0.2, -0.15) is 0 Å². The summed E-state index contributed by atoms with van der Waals surface area (Å²) in [7, 11) is 1.56. The molecule has 1 heterocycles. The van der Waals surface area contributed by atoms with Crippen molar-refractivity contribution in [1.82, 2.24) is 9.80 Å². The fraction of sp³-hybridized carbons (Fsp3) is 0.360. The lowest BCUT2D eigenvalue weighted by atomic mass is 9.94. The number of aliphatic hydroxyl groups excluding tert-OH is 1. The lowest BCUT2D eigenvalue weighted by Crippen LogP contribution is -2.38. The number of hydrogen-bond donors (Lipinski definition) is 1. The molecule has 2 aromatic carbocycles. The van der Waals surface area contributed by atoms with E-state index >= 15 is 0 Å². The standard InChI is InChI=1S/C25H28Cl2N2O4/c1-5-28(6-2)11-12-29-22(18-9-8-17(26)14-19(18)27)21(24(31)25(29)32)23(30)16-7-10-20(33-4)15(3)13-16/h7-10,13-14,22,30H,5-6,11-12H2,1-4H3/b23-21+/t22-/m1/s1. The quantitative estimate of drug-likeness (QED) is 0.317. The van der Waals surface area contributed by atoms with Gasteiger partial charge in [-0.25, -0.2) is 0 Å². The molecule has 1 amide bonds. The number of ketones is 1. The number of halogens is 2. The van der Waals surface area contributed by atoms with Crippen LogP contribution in [0.25, 0.3) is 5.76 Å². The number of amides is 1. The number of ether oxygens (including phenoxy) is 1. The first kappa shape index (κ1) is 25.1. The van der Waals surface area contributed by atoms with Gasteiger partial charge in [-0.1, -0.05) is 43.1 Å². The van der Waals surface area contributed by atoms with Crippen molar-refractivity contribution >= 4 is 40.7 Å². The third-order valence-corrected chi connectivity index (χ3v) is 6.58. The second-order valence-corrected chi connectivity index (χ2v) is 8.71. The van der Waals surface area contributed by atoms with E-state index in [9.17, 15) is 14.7 Å². The third-order valence-electron chi connectivity index (χ3n) is 6.02. The Hall–Kier alpha value is -2.54. The van der Waals surface area contributed by atoms with E-state index in [0.717, 1.165) is 18.7 Å². The topological polar surface area (TPSA) is 70.1 Å². The maximum absolute atomic E-state index is 13.2. The minimum absolute atomic E-state index is 0.00772. The van der Waals surface area contributed by atoms with E-state index in [4.69, 9.17) is 27.9 Å². The van der Waals surface area contributed by atoms with Crippen LogP contribution in [0.15, 0.2) is 42.0 Å². The number of carbonyl (C=O) groups is 2. The molecule has 0 saturated carbocycles. The van der Waals surface area contributed by atoms with Crippen LogP contribution in [0.2, 0.25) is 10.0 Å². The van der Waals surface area contributed by atoms with Crippen molar-refractivity contribution in [2.24, 2.45) is 0 Å². The van der Waals surface area contributed by atoms with Gasteiger partial charge in [0.2, 0.25) is 0 Å². The van der Waals surface area contributed by atoms with Gasteiger partial charge in [0, 0.05) is 28.7 Å². The minimum Gasteiger partial charge on any atom is -0.507 e. The van der Waals surface area contributed by atoms with E-state index in [1.54, 1.807) is 43.5 Å². The average molecular weight is 491 g/mol. The van der Waals surface area contributed by atoms with Gasteiger partial charge in [-0.15, -0.1) is 0 Å². The molecule has 0 spiro atoms. The first-order valence-electron chi connectivity index (χ1n) is 10.8. The summed E-state index contributed by atoms with van der Waals surface area (Å²) in [6, 6.07) is 9.19. The number of likely N-dealkylation sites (tertiary alicyclic amines) is 1. The highest BCUT2D eigenvalue weighted by Crippen LogP contribution is 2.42. The summed E-state index contributed by atoms with van der Waals surface area (Å²) >= 11 is 12.6. The van der Waals surface area contributed by atoms with Crippen LogP contribution in [0.5, 0.6) is 5.75 Å². The highest BCUT2D eigenvalue weighted by molar-refractivity contribution is 6.47. The van der Waals surface area contributed by atoms with Crippen molar-refractivity contribution in [3.05, 3.63) is 68.7 Å². The van der Waals surface area contributed by atoms with Gasteiger partial charge < -0.3 is 19.6 Å². The van der Waals surface area contributed by atoms with E-state index in [1.165, 1.54) is 4.90 Å². The molecule has 1 fully saturated rings. The van der Waals surface area contributed by atoms with Crippen molar-refractivity contribution in [2.75, 3.05) is 33.3 Å². The largest absolute Gasteiger partial charge is 0.507 e. The molecule has 1 atom stereocenters. The number of benzene rings is 2. The molecule has 3 rings (SSSR count). The predicted molar refractivity (Wildman–Crippen MR) is 131 cm³/mol. The van der Waals surface area contributed by atoms with Gasteiger partial charge >= 0.3 is 0 Å². The van der Waals surface area contributed by atoms with Gasteiger partial charge in [0.1, 0.15) is 11.5 Å². The monoisotopic (exact) mass is 490 g/mol. The predicted octanol–water partition coefficient (Wildman–Crippen LogP) is 5.07. The summed E-state index contributed by atoms with van der Waals surface area (Å²) in [4.78, 5) is 29.9. The molecular weight excluding hydrogens is 463 g/mol. The van der Waals surface area contributed by atoms with Crippen LogP contribution >= 0.6 is 23.2 Å². The van der Waals surface area contributed by atoms with Crippen molar-refractivity contribution in [3.8, 4) is 5.75 Å². The molecule has 1 aliphatic rings. The first-order chi connectivity index (χ1) is 15.7. The molecule has 0 aliphatic carbocycles. The number of hydrogen-bond acceptors (Lipinski definition) is 5. The Morgan fingerprint density at radius 3 is 2.39 bits per heavy atom. The zero-order valence-electron chi connectivity index (χ0n) is 19.2. The van der Waals surface area contributed by atoms with E-state index in [0.29, 0.717) is 40.0 Å². The fourth-order valence-electron chi connectivity index (χ4n) is 4.13. The second kappa shape index (κ2) is 10.6. The Bertz CT molecular complexity index is 1100. The summed E-state index contributed by atoms with van der Waals surface area (Å²) in [5.41, 5.74) is 1.75. The zero-order chi connectivity index (χ0) is 24.3. The third kappa shape index (κ3) is 5.03. The smallest absolute Gasteiger partial charge is 0.295 e. The van der Waals surface area contributed by atoms with Crippen LogP contribution in [0, 0.1) is 6.92 Å². The Labute approximate surface area is 204 Å². The molecule has 1 N–H and O–H groups in total. The summed E-state index contributed by atoms with van der Waals surface area (Å²) in [5, 5.41) is 12.0. The van der Waals surface area contributed by atoms with Crippen LogP contribution in [0.4, 0.5) is 0 Å². The molecule has 0 radical (unpaired) electrons. The molecular formula is C25H28Cl2N2O4. The summed E-state index contributed by atoms with van der Waals surface area (Å²) < 4.78 is 5.29. The normalized spacial score (nSPS) is 17.8. The minimum atomic E-state index is -0.826. The summed E-state index contributed by atoms with van der Waals surface area (Å²) in [6.45, 7) is 8.45. The fourth-order valence-corrected chi connectivity index (χ4v) is 4.64. The summed E-state index contributed by atoms with van der Waals surface area (Å²) in [6.07, 6.45) is 0. The number of aryl methyl sites for hydroxylation is 1. The van der Waals surface area contributed by atoms with Crippen molar-refractivity contribution < 1.29 is 19.4 Å². The van der Waals surface area contributed by atoms with Gasteiger partial charge in [0.15, 0.2) is 0 Å². The van der Waals surface area contributed by atoms with Gasteiger partial charge in [-0.05, 0) is 61.5 Å². The Kier molecular flexibility index (Phi) is 8.05. The molecule has 176 valence electrons. The van der Waals surface area contributed by atoms with Gasteiger partial charge in [0.05, 0.1) is 18.7 Å². The highest BCUT2D eigenvalue weighted by Gasteiger charge is 2.46. The molecule has 1 aliphatic heterocycles. The molecule has 1 saturated heterocycles. The van der Waals surface area contributed by atoms with Crippen molar-refractivity contribution in [3.63, 3.8) is 0 Å². The molecule has 0 bridgehead atoms. The number of nitrogens with zero attached hydrogens (tertiary/aromatic N) is 2. The molecule has 2 aromatic rings. The van der Waals surface area contributed by atoms with Crippen LogP contribution in [-0.4, -0.2) is 59.9 Å². The van der Waals surface area contributed by atoms with E-state index in [-0.39, 0.29) is 11.3 Å². The van der Waals surface area contributed by atoms with Crippen LogP contribution in [-0.2, 0) is 9.59 Å². The molecule has 8 heteroatoms. The zero-order valence-corrected chi connectivity index (χ0v) is 20.7. The Morgan fingerprint density at radius 2 is 1.82 bits per heavy atom. The maximum Gasteiger partial charge on any atom is 0.295 e. The molecule has 0 unspecified atom stereocenters. The lowest BCUT2D eigenvalue weighted by Gasteiger charge is -2.28. The number of aliphatic hydroxyl groups is 1. The second-order valence-electron chi connectivity index (χ2n) is 7.87. The summed E-state index contributed by atoms with van der Waals surface area (Å²) in [5.74, 6) is -0.995.